The highest BCUT2D eigenvalue weighted by Crippen LogP contribution is 2.17. The highest BCUT2D eigenvalue weighted by atomic mass is 19.1. The molecule has 0 spiro atoms. The maximum atomic E-state index is 14.2. The Hall–Kier alpha value is -1.46. The topological polar surface area (TPSA) is 62.3 Å². The molecule has 0 aliphatic rings. The SMILES string of the molecule is CCC(CC)N(CCOC)Cc1ccc(C(=N)N)cc1F. The van der Waals surface area contributed by atoms with E-state index in [9.17, 15) is 4.39 Å². The Balaban J connectivity index is 2.89. The van der Waals surface area contributed by atoms with Crippen LogP contribution in [0.15, 0.2) is 18.2 Å². The molecule has 0 atom stereocenters. The average Bonchev–Trinajstić information content (AvgIpc) is 2.47. The highest BCUT2D eigenvalue weighted by molar-refractivity contribution is 5.94. The lowest BCUT2D eigenvalue weighted by Gasteiger charge is -2.30. The van der Waals surface area contributed by atoms with Crippen molar-refractivity contribution in [1.29, 1.82) is 5.41 Å². The second-order valence-electron chi connectivity index (χ2n) is 5.15. The molecule has 0 fully saturated rings. The number of amidine groups is 1. The summed E-state index contributed by atoms with van der Waals surface area (Å²) in [6.45, 7) is 6.23. The molecule has 0 saturated heterocycles. The molecule has 0 saturated carbocycles. The third kappa shape index (κ3) is 5.10. The number of hydrogen-bond donors (Lipinski definition) is 2. The molecule has 1 rings (SSSR count). The molecule has 0 aliphatic heterocycles. The van der Waals surface area contributed by atoms with E-state index < -0.39 is 0 Å². The van der Waals surface area contributed by atoms with E-state index in [1.807, 2.05) is 0 Å². The summed E-state index contributed by atoms with van der Waals surface area (Å²) < 4.78 is 19.3. The van der Waals surface area contributed by atoms with Crippen LogP contribution in [-0.2, 0) is 11.3 Å². The Labute approximate surface area is 126 Å². The molecule has 0 radical (unpaired) electrons. The molecule has 0 unspecified atom stereocenters. The number of nitrogens with one attached hydrogen (secondary N) is 1. The Bertz CT molecular complexity index is 461. The second-order valence-corrected chi connectivity index (χ2v) is 5.15. The molecule has 1 aromatic rings. The van der Waals surface area contributed by atoms with E-state index in [-0.39, 0.29) is 11.7 Å². The molecule has 0 bridgehead atoms. The van der Waals surface area contributed by atoms with Gasteiger partial charge in [-0.05, 0) is 18.9 Å². The molecule has 0 amide bonds. The minimum Gasteiger partial charge on any atom is -0.384 e. The molecule has 0 aliphatic carbocycles. The van der Waals surface area contributed by atoms with E-state index in [1.165, 1.54) is 6.07 Å². The monoisotopic (exact) mass is 295 g/mol. The number of nitrogens with zero attached hydrogens (tertiary/aromatic N) is 1. The van der Waals surface area contributed by atoms with Crippen LogP contribution in [-0.4, -0.2) is 37.0 Å². The van der Waals surface area contributed by atoms with E-state index in [2.05, 4.69) is 18.7 Å². The van der Waals surface area contributed by atoms with Crippen LogP contribution in [0.1, 0.15) is 37.8 Å². The van der Waals surface area contributed by atoms with Gasteiger partial charge in [0.2, 0.25) is 0 Å². The molecule has 5 heteroatoms. The first kappa shape index (κ1) is 17.6. The minimum atomic E-state index is -0.309. The molecule has 4 nitrogen and oxygen atoms in total. The van der Waals surface area contributed by atoms with Crippen LogP contribution in [0.4, 0.5) is 4.39 Å². The van der Waals surface area contributed by atoms with E-state index in [0.29, 0.717) is 30.3 Å². The Morgan fingerprint density at radius 1 is 1.38 bits per heavy atom. The van der Waals surface area contributed by atoms with E-state index in [4.69, 9.17) is 15.9 Å². The van der Waals surface area contributed by atoms with Gasteiger partial charge in [-0.25, -0.2) is 4.39 Å². The van der Waals surface area contributed by atoms with E-state index in [1.54, 1.807) is 19.2 Å². The zero-order valence-electron chi connectivity index (χ0n) is 13.2. The van der Waals surface area contributed by atoms with Crippen molar-refractivity contribution < 1.29 is 9.13 Å². The number of benzene rings is 1. The van der Waals surface area contributed by atoms with Crippen LogP contribution in [0.2, 0.25) is 0 Å². The number of nitrogen functional groups attached to an aromatic ring is 1. The number of halogens is 1. The highest BCUT2D eigenvalue weighted by Gasteiger charge is 2.17. The minimum absolute atomic E-state index is 0.114. The zero-order valence-corrected chi connectivity index (χ0v) is 13.2. The standard InChI is InChI=1S/C16H26FN3O/c1-4-14(5-2)20(8-9-21-3)11-13-7-6-12(16(18)19)10-15(13)17/h6-7,10,14H,4-5,8-9,11H2,1-3H3,(H3,18,19). The first-order valence-electron chi connectivity index (χ1n) is 7.39. The molecule has 3 N–H and O–H groups in total. The molecule has 0 aromatic heterocycles. The van der Waals surface area contributed by atoms with Crippen LogP contribution < -0.4 is 5.73 Å². The lowest BCUT2D eigenvalue weighted by atomic mass is 10.1. The van der Waals surface area contributed by atoms with E-state index >= 15 is 0 Å². The van der Waals surface area contributed by atoms with Gasteiger partial charge in [-0.3, -0.25) is 10.3 Å². The Morgan fingerprint density at radius 3 is 2.52 bits per heavy atom. The average molecular weight is 295 g/mol. The summed E-state index contributed by atoms with van der Waals surface area (Å²) in [6.07, 6.45) is 2.04. The predicted molar refractivity (Wildman–Crippen MR) is 84.1 cm³/mol. The molecule has 0 heterocycles. The van der Waals surface area contributed by atoms with Crippen molar-refractivity contribution in [2.24, 2.45) is 5.73 Å². The van der Waals surface area contributed by atoms with Gasteiger partial charge in [0.25, 0.3) is 0 Å². The largest absolute Gasteiger partial charge is 0.384 e. The Kier molecular flexibility index (Phi) is 7.32. The fourth-order valence-electron chi connectivity index (χ4n) is 2.47. The van der Waals surface area contributed by atoms with Crippen molar-refractivity contribution >= 4 is 5.84 Å². The fraction of sp³-hybridized carbons (Fsp3) is 0.562. The van der Waals surface area contributed by atoms with Gasteiger partial charge in [-0.15, -0.1) is 0 Å². The third-order valence-corrected chi connectivity index (χ3v) is 3.78. The van der Waals surface area contributed by atoms with Gasteiger partial charge in [0.15, 0.2) is 0 Å². The number of nitrogens with two attached hydrogens (primary N) is 1. The summed E-state index contributed by atoms with van der Waals surface area (Å²) in [5.41, 5.74) is 6.43. The van der Waals surface area contributed by atoms with Crippen LogP contribution in [0.3, 0.4) is 0 Å². The van der Waals surface area contributed by atoms with Gasteiger partial charge in [0, 0.05) is 37.4 Å². The first-order valence-corrected chi connectivity index (χ1v) is 7.39. The van der Waals surface area contributed by atoms with Gasteiger partial charge < -0.3 is 10.5 Å². The lowest BCUT2D eigenvalue weighted by molar-refractivity contribution is 0.109. The number of ether oxygens (including phenoxy) is 1. The van der Waals surface area contributed by atoms with Crippen molar-refractivity contribution in [3.05, 3.63) is 35.1 Å². The molecule has 118 valence electrons. The van der Waals surface area contributed by atoms with Crippen LogP contribution >= 0.6 is 0 Å². The first-order chi connectivity index (χ1) is 10.0. The van der Waals surface area contributed by atoms with Gasteiger partial charge in [0.1, 0.15) is 11.7 Å². The summed E-state index contributed by atoms with van der Waals surface area (Å²) in [4.78, 5) is 2.25. The van der Waals surface area contributed by atoms with Crippen molar-refractivity contribution in [3.63, 3.8) is 0 Å². The number of methoxy groups -OCH3 is 1. The summed E-state index contributed by atoms with van der Waals surface area (Å²) >= 11 is 0. The fourth-order valence-corrected chi connectivity index (χ4v) is 2.47. The summed E-state index contributed by atoms with van der Waals surface area (Å²) in [6, 6.07) is 5.15. The van der Waals surface area contributed by atoms with Crippen molar-refractivity contribution in [2.75, 3.05) is 20.3 Å². The van der Waals surface area contributed by atoms with E-state index in [0.717, 1.165) is 19.4 Å². The Morgan fingerprint density at radius 2 is 2.05 bits per heavy atom. The lowest BCUT2D eigenvalue weighted by Crippen LogP contribution is -2.36. The summed E-state index contributed by atoms with van der Waals surface area (Å²) in [5.74, 6) is -0.423. The van der Waals surface area contributed by atoms with Crippen LogP contribution in [0, 0.1) is 11.2 Å². The smallest absolute Gasteiger partial charge is 0.128 e. The number of hydrogen-bond acceptors (Lipinski definition) is 3. The van der Waals surface area contributed by atoms with Gasteiger partial charge in [-0.1, -0.05) is 26.0 Å². The number of rotatable bonds is 9. The van der Waals surface area contributed by atoms with Crippen LogP contribution in [0.25, 0.3) is 0 Å². The van der Waals surface area contributed by atoms with Gasteiger partial charge >= 0.3 is 0 Å². The van der Waals surface area contributed by atoms with Crippen LogP contribution in [0.5, 0.6) is 0 Å². The summed E-state index contributed by atoms with van der Waals surface area (Å²) in [5, 5.41) is 7.35. The maximum Gasteiger partial charge on any atom is 0.128 e. The van der Waals surface area contributed by atoms with Gasteiger partial charge in [-0.2, -0.15) is 0 Å². The second kappa shape index (κ2) is 8.74. The zero-order chi connectivity index (χ0) is 15.8. The quantitative estimate of drug-likeness (QED) is 0.544. The molecule has 21 heavy (non-hydrogen) atoms. The normalized spacial score (nSPS) is 11.3. The molecule has 1 aromatic carbocycles. The molecular formula is C16H26FN3O. The van der Waals surface area contributed by atoms with Gasteiger partial charge in [0.05, 0.1) is 6.61 Å². The van der Waals surface area contributed by atoms with Crippen molar-refractivity contribution in [2.45, 2.75) is 39.3 Å². The predicted octanol–water partition coefficient (Wildman–Crippen LogP) is 2.75. The maximum absolute atomic E-state index is 14.2. The molecular weight excluding hydrogens is 269 g/mol. The third-order valence-electron chi connectivity index (χ3n) is 3.78. The summed E-state index contributed by atoms with van der Waals surface area (Å²) in [7, 11) is 1.67. The van der Waals surface area contributed by atoms with Crippen molar-refractivity contribution in [3.8, 4) is 0 Å². The van der Waals surface area contributed by atoms with Crippen molar-refractivity contribution in [1.82, 2.24) is 4.90 Å².